The van der Waals surface area contributed by atoms with Crippen molar-refractivity contribution >= 4 is 0 Å². The van der Waals surface area contributed by atoms with Crippen LogP contribution in [-0.4, -0.2) is 30.6 Å². The Bertz CT molecular complexity index is 425. The average molecular weight is 287 g/mol. The van der Waals surface area contributed by atoms with E-state index in [2.05, 4.69) is 11.8 Å². The van der Waals surface area contributed by atoms with E-state index in [1.165, 1.54) is 6.07 Å². The van der Waals surface area contributed by atoms with E-state index in [1.54, 1.807) is 6.07 Å². The number of likely N-dealkylation sites (tertiary alicyclic amines) is 1. The summed E-state index contributed by atoms with van der Waals surface area (Å²) in [6, 6.07) is 5.13. The molecule has 0 saturated carbocycles. The number of piperidine rings is 1. The van der Waals surface area contributed by atoms with Crippen LogP contribution in [0.2, 0.25) is 0 Å². The van der Waals surface area contributed by atoms with Crippen LogP contribution in [-0.2, 0) is 6.18 Å². The molecule has 0 radical (unpaired) electrons. The Morgan fingerprint density at radius 1 is 1.25 bits per heavy atom. The predicted octanol–water partition coefficient (Wildman–Crippen LogP) is 3.96. The lowest BCUT2D eigenvalue weighted by Crippen LogP contribution is -2.38. The summed E-state index contributed by atoms with van der Waals surface area (Å²) in [5, 5.41) is 0. The molecule has 0 spiro atoms. The summed E-state index contributed by atoms with van der Waals surface area (Å²) < 4.78 is 43.6. The first-order valence-electron chi connectivity index (χ1n) is 7.05. The second-order valence-corrected chi connectivity index (χ2v) is 5.18. The van der Waals surface area contributed by atoms with Crippen LogP contribution >= 0.6 is 0 Å². The van der Waals surface area contributed by atoms with Crippen LogP contribution in [0.5, 0.6) is 5.75 Å². The second kappa shape index (κ2) is 6.48. The van der Waals surface area contributed by atoms with Gasteiger partial charge in [0, 0.05) is 13.1 Å². The standard InChI is InChI=1S/C15H20F3NO/c1-2-8-19-9-6-13(7-10-19)20-14-5-3-4-12(11-14)15(16,17)18/h3-5,11,13H,2,6-10H2,1H3. The lowest BCUT2D eigenvalue weighted by atomic mass is 10.1. The lowest BCUT2D eigenvalue weighted by molar-refractivity contribution is -0.137. The molecule has 0 N–H and O–H groups in total. The number of nitrogens with zero attached hydrogens (tertiary/aromatic N) is 1. The minimum atomic E-state index is -4.32. The van der Waals surface area contributed by atoms with Gasteiger partial charge in [-0.3, -0.25) is 0 Å². The maximum Gasteiger partial charge on any atom is 0.416 e. The Labute approximate surface area is 117 Å². The maximum atomic E-state index is 12.6. The zero-order chi connectivity index (χ0) is 14.6. The fraction of sp³-hybridized carbons (Fsp3) is 0.600. The first-order valence-corrected chi connectivity index (χ1v) is 7.05. The fourth-order valence-corrected chi connectivity index (χ4v) is 2.51. The van der Waals surface area contributed by atoms with E-state index in [-0.39, 0.29) is 6.10 Å². The zero-order valence-corrected chi connectivity index (χ0v) is 11.6. The van der Waals surface area contributed by atoms with E-state index in [9.17, 15) is 13.2 Å². The van der Waals surface area contributed by atoms with Crippen molar-refractivity contribution in [2.45, 2.75) is 38.5 Å². The summed E-state index contributed by atoms with van der Waals surface area (Å²) in [6.45, 7) is 5.14. The van der Waals surface area contributed by atoms with E-state index in [4.69, 9.17) is 4.74 Å². The molecule has 2 nitrogen and oxygen atoms in total. The van der Waals surface area contributed by atoms with Gasteiger partial charge in [-0.1, -0.05) is 13.0 Å². The zero-order valence-electron chi connectivity index (χ0n) is 11.6. The summed E-state index contributed by atoms with van der Waals surface area (Å²) in [5.74, 6) is 0.314. The summed E-state index contributed by atoms with van der Waals surface area (Å²) >= 11 is 0. The molecule has 0 unspecified atom stereocenters. The third kappa shape index (κ3) is 4.13. The second-order valence-electron chi connectivity index (χ2n) is 5.18. The van der Waals surface area contributed by atoms with Gasteiger partial charge in [0.05, 0.1) is 5.56 Å². The van der Waals surface area contributed by atoms with Gasteiger partial charge in [-0.2, -0.15) is 13.2 Å². The summed E-state index contributed by atoms with van der Waals surface area (Å²) in [5.41, 5.74) is -0.654. The van der Waals surface area contributed by atoms with Crippen molar-refractivity contribution in [1.82, 2.24) is 4.90 Å². The van der Waals surface area contributed by atoms with Crippen LogP contribution in [0.3, 0.4) is 0 Å². The lowest BCUT2D eigenvalue weighted by Gasteiger charge is -2.31. The van der Waals surface area contributed by atoms with Gasteiger partial charge in [0.15, 0.2) is 0 Å². The quantitative estimate of drug-likeness (QED) is 0.831. The van der Waals surface area contributed by atoms with Gasteiger partial charge in [0.2, 0.25) is 0 Å². The van der Waals surface area contributed by atoms with Crippen LogP contribution < -0.4 is 4.74 Å². The van der Waals surface area contributed by atoms with Crippen LogP contribution in [0.4, 0.5) is 13.2 Å². The van der Waals surface area contributed by atoms with Crippen LogP contribution in [0, 0.1) is 0 Å². The largest absolute Gasteiger partial charge is 0.490 e. The van der Waals surface area contributed by atoms with Gasteiger partial charge in [-0.05, 0) is 44.0 Å². The van der Waals surface area contributed by atoms with Crippen molar-refractivity contribution < 1.29 is 17.9 Å². The Hall–Kier alpha value is -1.23. The predicted molar refractivity (Wildman–Crippen MR) is 71.8 cm³/mol. The van der Waals surface area contributed by atoms with Gasteiger partial charge >= 0.3 is 6.18 Å². The van der Waals surface area contributed by atoms with Gasteiger partial charge in [-0.15, -0.1) is 0 Å². The first-order chi connectivity index (χ1) is 9.49. The molecule has 1 fully saturated rings. The molecule has 0 atom stereocenters. The molecule has 5 heteroatoms. The van der Waals surface area contributed by atoms with Crippen molar-refractivity contribution in [2.75, 3.05) is 19.6 Å². The minimum Gasteiger partial charge on any atom is -0.490 e. The molecule has 0 amide bonds. The van der Waals surface area contributed by atoms with E-state index in [0.717, 1.165) is 51.0 Å². The highest BCUT2D eigenvalue weighted by molar-refractivity contribution is 5.30. The molecule has 112 valence electrons. The van der Waals surface area contributed by atoms with Gasteiger partial charge in [0.25, 0.3) is 0 Å². The smallest absolute Gasteiger partial charge is 0.416 e. The van der Waals surface area contributed by atoms with E-state index in [0.29, 0.717) is 5.75 Å². The number of rotatable bonds is 4. The van der Waals surface area contributed by atoms with Gasteiger partial charge in [-0.25, -0.2) is 0 Å². The molecule has 1 aromatic rings. The normalized spacial score (nSPS) is 18.2. The average Bonchev–Trinajstić information content (AvgIpc) is 2.41. The third-order valence-electron chi connectivity index (χ3n) is 3.54. The Kier molecular flexibility index (Phi) is 4.91. The molecule has 1 heterocycles. The van der Waals surface area contributed by atoms with Gasteiger partial charge < -0.3 is 9.64 Å². The number of halogens is 3. The van der Waals surface area contributed by atoms with E-state index >= 15 is 0 Å². The molecule has 0 aliphatic carbocycles. The molecule has 0 bridgehead atoms. The molecular weight excluding hydrogens is 267 g/mol. The SMILES string of the molecule is CCCN1CCC(Oc2cccc(C(F)(F)F)c2)CC1. The molecule has 1 saturated heterocycles. The number of alkyl halides is 3. The summed E-state index contributed by atoms with van der Waals surface area (Å²) in [7, 11) is 0. The number of ether oxygens (including phenoxy) is 1. The molecule has 1 aliphatic rings. The first kappa shape index (κ1) is 15.2. The van der Waals surface area contributed by atoms with Crippen molar-refractivity contribution in [3.8, 4) is 5.75 Å². The van der Waals surface area contributed by atoms with Crippen molar-refractivity contribution in [1.29, 1.82) is 0 Å². The molecule has 20 heavy (non-hydrogen) atoms. The van der Waals surface area contributed by atoms with E-state index in [1.807, 2.05) is 0 Å². The Morgan fingerprint density at radius 3 is 2.55 bits per heavy atom. The molecule has 1 aromatic carbocycles. The third-order valence-corrected chi connectivity index (χ3v) is 3.54. The number of hydrogen-bond acceptors (Lipinski definition) is 2. The Balaban J connectivity index is 1.91. The highest BCUT2D eigenvalue weighted by Gasteiger charge is 2.31. The molecule has 2 rings (SSSR count). The molecule has 0 aromatic heterocycles. The highest BCUT2D eigenvalue weighted by atomic mass is 19.4. The number of hydrogen-bond donors (Lipinski definition) is 0. The maximum absolute atomic E-state index is 12.6. The molecule has 1 aliphatic heterocycles. The Morgan fingerprint density at radius 2 is 1.95 bits per heavy atom. The van der Waals surface area contributed by atoms with E-state index < -0.39 is 11.7 Å². The summed E-state index contributed by atoms with van der Waals surface area (Å²) in [4.78, 5) is 2.37. The molecular formula is C15H20F3NO. The summed E-state index contributed by atoms with van der Waals surface area (Å²) in [6.07, 6.45) is -1.43. The van der Waals surface area contributed by atoms with Crippen LogP contribution in [0.25, 0.3) is 0 Å². The fourth-order valence-electron chi connectivity index (χ4n) is 2.51. The van der Waals surface area contributed by atoms with Crippen molar-refractivity contribution in [3.05, 3.63) is 29.8 Å². The van der Waals surface area contributed by atoms with Crippen molar-refractivity contribution in [2.24, 2.45) is 0 Å². The number of benzene rings is 1. The van der Waals surface area contributed by atoms with Crippen LogP contribution in [0.1, 0.15) is 31.7 Å². The topological polar surface area (TPSA) is 12.5 Å². The highest BCUT2D eigenvalue weighted by Crippen LogP contribution is 2.32. The monoisotopic (exact) mass is 287 g/mol. The minimum absolute atomic E-state index is 0.0200. The van der Waals surface area contributed by atoms with Crippen LogP contribution in [0.15, 0.2) is 24.3 Å². The van der Waals surface area contributed by atoms with Crippen molar-refractivity contribution in [3.63, 3.8) is 0 Å². The van der Waals surface area contributed by atoms with Gasteiger partial charge in [0.1, 0.15) is 11.9 Å².